The predicted octanol–water partition coefficient (Wildman–Crippen LogP) is 4.37. The molecule has 0 atom stereocenters. The van der Waals surface area contributed by atoms with E-state index in [1.54, 1.807) is 30.0 Å². The highest BCUT2D eigenvalue weighted by atomic mass is 16.7. The van der Waals surface area contributed by atoms with E-state index >= 15 is 0 Å². The van der Waals surface area contributed by atoms with Gasteiger partial charge in [0.25, 0.3) is 5.91 Å². The molecule has 2 aromatic rings. The van der Waals surface area contributed by atoms with Crippen LogP contribution in [0.15, 0.2) is 48.2 Å². The average Bonchev–Trinajstić information content (AvgIpc) is 3.18. The average molecular weight is 365 g/mol. The molecule has 4 rings (SSSR count). The van der Waals surface area contributed by atoms with Crippen LogP contribution in [0.5, 0.6) is 11.5 Å². The molecule has 0 saturated carbocycles. The number of allylic oxidation sites excluding steroid dienone is 1. The number of hydrogen-bond donors (Lipinski definition) is 2. The molecule has 27 heavy (non-hydrogen) atoms. The molecule has 0 radical (unpaired) electrons. The van der Waals surface area contributed by atoms with Crippen LogP contribution < -0.4 is 20.1 Å². The zero-order valence-corrected chi connectivity index (χ0v) is 15.2. The first kappa shape index (κ1) is 17.4. The van der Waals surface area contributed by atoms with Crippen molar-refractivity contribution in [3.8, 4) is 11.5 Å². The van der Waals surface area contributed by atoms with E-state index in [1.807, 2.05) is 12.1 Å². The lowest BCUT2D eigenvalue weighted by atomic mass is 9.97. The second-order valence-corrected chi connectivity index (χ2v) is 6.74. The van der Waals surface area contributed by atoms with Gasteiger partial charge in [0.05, 0.1) is 11.9 Å². The zero-order chi connectivity index (χ0) is 18.5. The Bertz CT molecular complexity index is 846. The van der Waals surface area contributed by atoms with Crippen molar-refractivity contribution < 1.29 is 14.3 Å². The molecular formula is C21H23N3O3. The van der Waals surface area contributed by atoms with E-state index in [-0.39, 0.29) is 12.7 Å². The van der Waals surface area contributed by atoms with Crippen LogP contribution in [-0.4, -0.2) is 24.2 Å². The van der Waals surface area contributed by atoms with Crippen LogP contribution in [-0.2, 0) is 0 Å². The second kappa shape index (κ2) is 8.12. The first-order valence-electron chi connectivity index (χ1n) is 9.37. The first-order chi connectivity index (χ1) is 13.3. The van der Waals surface area contributed by atoms with Crippen LogP contribution in [0.3, 0.4) is 0 Å². The van der Waals surface area contributed by atoms with Crippen LogP contribution in [0.4, 0.5) is 11.5 Å². The lowest BCUT2D eigenvalue weighted by Gasteiger charge is -2.13. The summed E-state index contributed by atoms with van der Waals surface area (Å²) in [4.78, 5) is 16.8. The quantitative estimate of drug-likeness (QED) is 0.744. The summed E-state index contributed by atoms with van der Waals surface area (Å²) in [5.41, 5.74) is 2.71. The summed E-state index contributed by atoms with van der Waals surface area (Å²) >= 11 is 0. The Balaban J connectivity index is 1.29. The van der Waals surface area contributed by atoms with Crippen molar-refractivity contribution in [3.63, 3.8) is 0 Å². The molecule has 2 aliphatic rings. The molecule has 2 heterocycles. The van der Waals surface area contributed by atoms with E-state index in [2.05, 4.69) is 21.7 Å². The fourth-order valence-electron chi connectivity index (χ4n) is 3.30. The van der Waals surface area contributed by atoms with Gasteiger partial charge in [-0.15, -0.1) is 0 Å². The van der Waals surface area contributed by atoms with E-state index in [4.69, 9.17) is 9.47 Å². The normalized spacial score (nSPS) is 15.2. The Morgan fingerprint density at radius 3 is 2.85 bits per heavy atom. The van der Waals surface area contributed by atoms with Gasteiger partial charge in [0.15, 0.2) is 11.5 Å². The first-order valence-corrected chi connectivity index (χ1v) is 9.37. The lowest BCUT2D eigenvalue weighted by molar-refractivity contribution is 0.102. The maximum Gasteiger partial charge on any atom is 0.255 e. The molecule has 140 valence electrons. The highest BCUT2D eigenvalue weighted by Crippen LogP contribution is 2.32. The number of pyridine rings is 1. The van der Waals surface area contributed by atoms with Crippen molar-refractivity contribution in [1.82, 2.24) is 4.98 Å². The summed E-state index contributed by atoms with van der Waals surface area (Å²) in [6.45, 7) is 1.07. The standard InChI is InChI=1S/C21H23N3O3/c25-21(16-6-8-18-19(12-16)27-14-26-18)24-17-7-9-20(23-13-17)22-11-10-15-4-2-1-3-5-15/h4,6-9,12-13H,1-3,5,10-11,14H2,(H,22,23)(H,24,25). The third kappa shape index (κ3) is 4.39. The molecule has 2 N–H and O–H groups in total. The number of nitrogens with zero attached hydrogens (tertiary/aromatic N) is 1. The van der Waals surface area contributed by atoms with Gasteiger partial charge in [-0.2, -0.15) is 0 Å². The van der Waals surface area contributed by atoms with Gasteiger partial charge in [0.1, 0.15) is 5.82 Å². The van der Waals surface area contributed by atoms with Crippen LogP contribution in [0, 0.1) is 0 Å². The van der Waals surface area contributed by atoms with Gasteiger partial charge in [-0.3, -0.25) is 4.79 Å². The lowest BCUT2D eigenvalue weighted by Crippen LogP contribution is -2.12. The van der Waals surface area contributed by atoms with Crippen LogP contribution in [0.2, 0.25) is 0 Å². The number of hydrogen-bond acceptors (Lipinski definition) is 5. The Labute approximate surface area is 158 Å². The maximum atomic E-state index is 12.4. The minimum atomic E-state index is -0.208. The molecule has 0 fully saturated rings. The summed E-state index contributed by atoms with van der Waals surface area (Å²) in [7, 11) is 0. The fraction of sp³-hybridized carbons (Fsp3) is 0.333. The number of rotatable bonds is 6. The molecule has 0 unspecified atom stereocenters. The molecule has 6 nitrogen and oxygen atoms in total. The third-order valence-corrected chi connectivity index (χ3v) is 4.79. The molecule has 6 heteroatoms. The molecule has 0 bridgehead atoms. The van der Waals surface area contributed by atoms with Crippen LogP contribution in [0.25, 0.3) is 0 Å². The number of carbonyl (C=O) groups excluding carboxylic acids is 1. The van der Waals surface area contributed by atoms with E-state index in [9.17, 15) is 4.79 Å². The molecule has 1 aromatic carbocycles. The van der Waals surface area contributed by atoms with E-state index in [0.29, 0.717) is 22.7 Å². The molecule has 0 spiro atoms. The van der Waals surface area contributed by atoms with Gasteiger partial charge in [-0.25, -0.2) is 4.98 Å². The molecular weight excluding hydrogens is 342 g/mol. The molecule has 1 aromatic heterocycles. The van der Waals surface area contributed by atoms with Gasteiger partial charge in [-0.05, 0) is 62.4 Å². The summed E-state index contributed by atoms with van der Waals surface area (Å²) in [6, 6.07) is 8.86. The van der Waals surface area contributed by atoms with E-state index in [1.165, 1.54) is 25.7 Å². The van der Waals surface area contributed by atoms with Gasteiger partial charge in [0, 0.05) is 12.1 Å². The Morgan fingerprint density at radius 1 is 1.11 bits per heavy atom. The summed E-state index contributed by atoms with van der Waals surface area (Å²) < 4.78 is 10.6. The topological polar surface area (TPSA) is 72.5 Å². The Kier molecular flexibility index (Phi) is 5.23. The SMILES string of the molecule is O=C(Nc1ccc(NCCC2=CCCCC2)nc1)c1ccc2c(c1)OCO2. The van der Waals surface area contributed by atoms with E-state index in [0.717, 1.165) is 18.8 Å². The number of amides is 1. The minimum Gasteiger partial charge on any atom is -0.454 e. The van der Waals surface area contributed by atoms with Crippen molar-refractivity contribution >= 4 is 17.4 Å². The van der Waals surface area contributed by atoms with Crippen molar-refractivity contribution in [3.05, 3.63) is 53.7 Å². The van der Waals surface area contributed by atoms with Crippen molar-refractivity contribution in [2.24, 2.45) is 0 Å². The highest BCUT2D eigenvalue weighted by Gasteiger charge is 2.16. The van der Waals surface area contributed by atoms with Crippen LogP contribution in [0.1, 0.15) is 42.5 Å². The Hall–Kier alpha value is -3.02. The van der Waals surface area contributed by atoms with Gasteiger partial charge >= 0.3 is 0 Å². The summed E-state index contributed by atoms with van der Waals surface area (Å²) in [5.74, 6) is 1.86. The molecule has 1 aliphatic carbocycles. The maximum absolute atomic E-state index is 12.4. The second-order valence-electron chi connectivity index (χ2n) is 6.74. The number of carbonyl (C=O) groups is 1. The summed E-state index contributed by atoms with van der Waals surface area (Å²) in [5, 5.41) is 6.19. The predicted molar refractivity (Wildman–Crippen MR) is 104 cm³/mol. The minimum absolute atomic E-state index is 0.191. The van der Waals surface area contributed by atoms with Crippen LogP contribution >= 0.6 is 0 Å². The Morgan fingerprint density at radius 2 is 2.04 bits per heavy atom. The fourth-order valence-corrected chi connectivity index (χ4v) is 3.30. The summed E-state index contributed by atoms with van der Waals surface area (Å²) in [6.07, 6.45) is 10.1. The number of ether oxygens (including phenoxy) is 2. The number of aromatic nitrogens is 1. The number of benzene rings is 1. The van der Waals surface area contributed by atoms with Gasteiger partial charge < -0.3 is 20.1 Å². The van der Waals surface area contributed by atoms with Crippen molar-refractivity contribution in [1.29, 1.82) is 0 Å². The highest BCUT2D eigenvalue weighted by molar-refractivity contribution is 6.04. The number of nitrogens with one attached hydrogen (secondary N) is 2. The largest absolute Gasteiger partial charge is 0.454 e. The third-order valence-electron chi connectivity index (χ3n) is 4.79. The monoisotopic (exact) mass is 365 g/mol. The van der Waals surface area contributed by atoms with Gasteiger partial charge in [0.2, 0.25) is 6.79 Å². The van der Waals surface area contributed by atoms with Gasteiger partial charge in [-0.1, -0.05) is 11.6 Å². The molecule has 1 amide bonds. The molecule has 0 saturated heterocycles. The van der Waals surface area contributed by atoms with E-state index < -0.39 is 0 Å². The number of fused-ring (bicyclic) bond motifs is 1. The zero-order valence-electron chi connectivity index (χ0n) is 15.2. The van der Waals surface area contributed by atoms with Crippen molar-refractivity contribution in [2.45, 2.75) is 32.1 Å². The molecule has 1 aliphatic heterocycles. The van der Waals surface area contributed by atoms with Crippen molar-refractivity contribution in [2.75, 3.05) is 24.0 Å². The number of anilines is 2. The smallest absolute Gasteiger partial charge is 0.255 e.